The first-order valence-corrected chi connectivity index (χ1v) is 17.4. The van der Waals surface area contributed by atoms with Crippen LogP contribution in [-0.2, 0) is 17.8 Å². The number of hydrogen-bond acceptors (Lipinski definition) is 8. The summed E-state index contributed by atoms with van der Waals surface area (Å²) in [5.41, 5.74) is 10.5. The number of fused-ring (bicyclic) bond motifs is 1. The van der Waals surface area contributed by atoms with E-state index in [1.165, 1.54) is 0 Å². The fraction of sp³-hybridized carbons (Fsp3) is 0.385. The average Bonchev–Trinajstić information content (AvgIpc) is 3.55. The number of anilines is 2. The largest absolute Gasteiger partial charge is 0.484 e. The number of benzene rings is 3. The molecular weight excluding hydrogens is 648 g/mol. The van der Waals surface area contributed by atoms with Gasteiger partial charge in [0, 0.05) is 43.8 Å². The third-order valence-electron chi connectivity index (χ3n) is 8.77. The van der Waals surface area contributed by atoms with Crippen molar-refractivity contribution >= 4 is 29.1 Å². The van der Waals surface area contributed by atoms with E-state index in [1.807, 2.05) is 36.1 Å². The number of nitrogens with two attached hydrogens (primary N) is 1. The monoisotopic (exact) mass is 698 g/mol. The van der Waals surface area contributed by atoms with Crippen LogP contribution in [0.4, 0.5) is 11.4 Å². The number of amides is 3. The second-order valence-electron chi connectivity index (χ2n) is 12.5. The molecule has 2 heterocycles. The topological polar surface area (TPSA) is 163 Å². The van der Waals surface area contributed by atoms with Crippen LogP contribution in [0.1, 0.15) is 77.2 Å². The summed E-state index contributed by atoms with van der Waals surface area (Å²) in [4.78, 5) is 44.6. The molecule has 1 atom stereocenters. The first kappa shape index (κ1) is 38.6. The summed E-state index contributed by atoms with van der Waals surface area (Å²) in [5, 5.41) is 24.9. The Bertz CT molecular complexity index is 1760. The number of rotatable bonds is 14. The summed E-state index contributed by atoms with van der Waals surface area (Å²) in [7, 11) is 1.00. The van der Waals surface area contributed by atoms with Crippen molar-refractivity contribution in [1.29, 1.82) is 0 Å². The zero-order chi connectivity index (χ0) is 36.9. The predicted octanol–water partition coefficient (Wildman–Crippen LogP) is 4.99. The average molecular weight is 699 g/mol. The van der Waals surface area contributed by atoms with E-state index < -0.39 is 11.9 Å². The number of nitrogens with one attached hydrogen (secondary N) is 1. The molecule has 3 amide bonds. The minimum absolute atomic E-state index is 0.144. The van der Waals surface area contributed by atoms with Crippen molar-refractivity contribution in [3.05, 3.63) is 101 Å². The Balaban J connectivity index is 0.00000286. The second kappa shape index (κ2) is 18.7. The third kappa shape index (κ3) is 9.74. The van der Waals surface area contributed by atoms with Crippen molar-refractivity contribution in [2.45, 2.75) is 65.5 Å². The maximum Gasteiger partial charge on any atom is 0.274 e. The summed E-state index contributed by atoms with van der Waals surface area (Å²) >= 11 is 0. The summed E-state index contributed by atoms with van der Waals surface area (Å²) in [6.45, 7) is 7.21. The number of aliphatic hydroxyl groups excluding tert-OH is 2. The molecule has 1 unspecified atom stereocenters. The first-order chi connectivity index (χ1) is 24.7. The molecule has 0 saturated carbocycles. The van der Waals surface area contributed by atoms with Crippen molar-refractivity contribution < 1.29 is 29.3 Å². The molecule has 3 aromatic carbocycles. The van der Waals surface area contributed by atoms with Gasteiger partial charge in [-0.1, -0.05) is 51.0 Å². The fourth-order valence-corrected chi connectivity index (χ4v) is 6.02. The molecule has 12 nitrogen and oxygen atoms in total. The Morgan fingerprint density at radius 1 is 0.961 bits per heavy atom. The molecule has 1 aromatic heterocycles. The van der Waals surface area contributed by atoms with Gasteiger partial charge in [0.15, 0.2) is 12.3 Å². The molecule has 0 radical (unpaired) electrons. The van der Waals surface area contributed by atoms with E-state index in [-0.39, 0.29) is 30.6 Å². The maximum atomic E-state index is 14.5. The van der Waals surface area contributed by atoms with Crippen LogP contribution >= 0.6 is 0 Å². The molecule has 5 rings (SSSR count). The number of carbonyl (C=O) groups is 3. The molecule has 0 aliphatic carbocycles. The van der Waals surface area contributed by atoms with E-state index in [0.717, 1.165) is 43.9 Å². The van der Waals surface area contributed by atoms with E-state index in [9.17, 15) is 19.5 Å². The van der Waals surface area contributed by atoms with Crippen LogP contribution in [0.15, 0.2) is 72.8 Å². The van der Waals surface area contributed by atoms with Gasteiger partial charge >= 0.3 is 0 Å². The van der Waals surface area contributed by atoms with Crippen molar-refractivity contribution in [3.8, 4) is 11.4 Å². The number of carbonyl (C=O) groups excluding carboxylic acids is 3. The normalized spacial score (nSPS) is 13.5. The molecule has 5 N–H and O–H groups in total. The van der Waals surface area contributed by atoms with Crippen LogP contribution in [0, 0.1) is 6.92 Å². The van der Waals surface area contributed by atoms with E-state index in [1.54, 1.807) is 58.1 Å². The highest BCUT2D eigenvalue weighted by Gasteiger charge is 2.32. The highest BCUT2D eigenvalue weighted by Crippen LogP contribution is 2.29. The van der Waals surface area contributed by atoms with Gasteiger partial charge in [-0.05, 0) is 85.8 Å². The molecule has 0 fully saturated rings. The molecule has 0 spiro atoms. The lowest BCUT2D eigenvalue weighted by molar-refractivity contribution is -0.118. The van der Waals surface area contributed by atoms with Gasteiger partial charge in [0.2, 0.25) is 0 Å². The van der Waals surface area contributed by atoms with Gasteiger partial charge in [0.25, 0.3) is 17.7 Å². The van der Waals surface area contributed by atoms with Crippen LogP contribution in [-0.4, -0.2) is 87.0 Å². The molecular formula is C39H50N6O6. The summed E-state index contributed by atoms with van der Waals surface area (Å²) < 4.78 is 7.22. The Hall–Kier alpha value is -5.20. The van der Waals surface area contributed by atoms with Crippen LogP contribution < -0.4 is 15.8 Å². The van der Waals surface area contributed by atoms with Crippen molar-refractivity contribution in [1.82, 2.24) is 19.6 Å². The minimum atomic E-state index is -0.441. The molecule has 4 aromatic rings. The number of aliphatic hydroxyl groups is 2. The maximum absolute atomic E-state index is 14.5. The number of hydrogen-bond donors (Lipinski definition) is 4. The number of unbranched alkanes of at least 4 members (excludes halogenated alkanes) is 2. The lowest BCUT2D eigenvalue weighted by atomic mass is 9.93. The smallest absolute Gasteiger partial charge is 0.274 e. The summed E-state index contributed by atoms with van der Waals surface area (Å²) in [6, 6.07) is 21.0. The number of aromatic nitrogens is 2. The van der Waals surface area contributed by atoms with Gasteiger partial charge in [0.1, 0.15) is 5.75 Å². The zero-order valence-corrected chi connectivity index (χ0v) is 30.0. The molecule has 51 heavy (non-hydrogen) atoms. The van der Waals surface area contributed by atoms with E-state index >= 15 is 0 Å². The van der Waals surface area contributed by atoms with E-state index in [4.69, 9.17) is 20.7 Å². The van der Waals surface area contributed by atoms with Crippen molar-refractivity contribution in [2.24, 2.45) is 0 Å². The molecule has 272 valence electrons. The fourth-order valence-electron chi connectivity index (χ4n) is 6.02. The standard InChI is InChI=1S/C38H46N6O5.CH4O/c1-4-6-18-42(19-7-5-2)38(48)34-20-26(3)44(41-34)35-17-14-30(40-36(46)25-49-32-15-12-29(39)13-16-32)22-33(35)37(47)43-23-28-11-9-8-10-27(28)21-31(43)24-45;1-2/h8-17,20,22,31,45H,4-7,18-19,21,23-25,39H2,1-3H3,(H,40,46);2H,1H3. The van der Waals surface area contributed by atoms with Crippen molar-refractivity contribution in [2.75, 3.05) is 44.5 Å². The molecule has 0 saturated heterocycles. The zero-order valence-electron chi connectivity index (χ0n) is 30.0. The Morgan fingerprint density at radius 3 is 2.27 bits per heavy atom. The molecule has 12 heteroatoms. The molecule has 1 aliphatic heterocycles. The van der Waals surface area contributed by atoms with Crippen molar-refractivity contribution in [3.63, 3.8) is 0 Å². The van der Waals surface area contributed by atoms with Gasteiger partial charge in [-0.25, -0.2) is 4.68 Å². The number of nitrogen functional groups attached to an aromatic ring is 1. The highest BCUT2D eigenvalue weighted by molar-refractivity contribution is 6.01. The highest BCUT2D eigenvalue weighted by atomic mass is 16.5. The van der Waals surface area contributed by atoms with Crippen LogP contribution in [0.25, 0.3) is 5.69 Å². The molecule has 1 aliphatic rings. The third-order valence-corrected chi connectivity index (χ3v) is 8.77. The molecule has 0 bridgehead atoms. The number of ether oxygens (including phenoxy) is 1. The summed E-state index contributed by atoms with van der Waals surface area (Å²) in [6.07, 6.45) is 4.26. The second-order valence-corrected chi connectivity index (χ2v) is 12.5. The van der Waals surface area contributed by atoms with E-state index in [0.29, 0.717) is 60.3 Å². The lowest BCUT2D eigenvalue weighted by Crippen LogP contribution is -2.46. The Labute approximate surface area is 299 Å². The van der Waals surface area contributed by atoms with Gasteiger partial charge in [-0.3, -0.25) is 14.4 Å². The van der Waals surface area contributed by atoms with Crippen LogP contribution in [0.5, 0.6) is 5.75 Å². The summed E-state index contributed by atoms with van der Waals surface area (Å²) in [5.74, 6) is -0.383. The minimum Gasteiger partial charge on any atom is -0.484 e. The first-order valence-electron chi connectivity index (χ1n) is 17.4. The van der Waals surface area contributed by atoms with E-state index in [2.05, 4.69) is 19.2 Å². The quantitative estimate of drug-likeness (QED) is 0.134. The van der Waals surface area contributed by atoms with Gasteiger partial charge in [-0.2, -0.15) is 5.10 Å². The number of aryl methyl sites for hydroxylation is 1. The van der Waals surface area contributed by atoms with Gasteiger partial charge < -0.3 is 35.8 Å². The Morgan fingerprint density at radius 2 is 1.63 bits per heavy atom. The SMILES string of the molecule is CCCCN(CCCC)C(=O)c1cc(C)n(-c2ccc(NC(=O)COc3ccc(N)cc3)cc2C(=O)N2Cc3ccccc3CC2CO)n1.CO. The Kier molecular flexibility index (Phi) is 14.2. The van der Waals surface area contributed by atoms with Crippen LogP contribution in [0.2, 0.25) is 0 Å². The number of nitrogens with zero attached hydrogens (tertiary/aromatic N) is 4. The van der Waals surface area contributed by atoms with Gasteiger partial charge in [0.05, 0.1) is 23.9 Å². The van der Waals surface area contributed by atoms with Gasteiger partial charge in [-0.15, -0.1) is 0 Å². The lowest BCUT2D eigenvalue weighted by Gasteiger charge is -2.36. The van der Waals surface area contributed by atoms with Crippen LogP contribution in [0.3, 0.4) is 0 Å². The predicted molar refractivity (Wildman–Crippen MR) is 198 cm³/mol.